The fourth-order valence-corrected chi connectivity index (χ4v) is 4.07. The molecule has 0 aromatic carbocycles. The molecule has 4 nitrogen and oxygen atoms in total. The maximum Gasteiger partial charge on any atom is 0.160 e. The van der Waals surface area contributed by atoms with Crippen LogP contribution in [-0.4, -0.2) is 38.6 Å². The maximum atomic E-state index is 4.95. The van der Waals surface area contributed by atoms with Crippen molar-refractivity contribution in [1.29, 1.82) is 0 Å². The third kappa shape index (κ3) is 2.43. The molecule has 0 spiro atoms. The number of rotatable bonds is 4. The van der Waals surface area contributed by atoms with E-state index < -0.39 is 0 Å². The minimum atomic E-state index is 0.633. The molecule has 0 bridgehead atoms. The zero-order valence-corrected chi connectivity index (χ0v) is 13.5. The van der Waals surface area contributed by atoms with Crippen LogP contribution < -0.4 is 0 Å². The number of likely N-dealkylation sites (tertiary alicyclic amines) is 1. The van der Waals surface area contributed by atoms with E-state index >= 15 is 0 Å². The summed E-state index contributed by atoms with van der Waals surface area (Å²) in [6.07, 6.45) is 10.9. The van der Waals surface area contributed by atoms with Crippen LogP contribution in [-0.2, 0) is 6.42 Å². The van der Waals surface area contributed by atoms with Gasteiger partial charge >= 0.3 is 0 Å². The Bertz CT molecular complexity index is 644. The predicted octanol–water partition coefficient (Wildman–Crippen LogP) is 3.57. The highest BCUT2D eigenvalue weighted by Gasteiger charge is 2.28. The Morgan fingerprint density at radius 1 is 1.18 bits per heavy atom. The van der Waals surface area contributed by atoms with Crippen molar-refractivity contribution >= 4 is 11.2 Å². The number of nitrogens with zero attached hydrogens (tertiary/aromatic N) is 4. The Balaban J connectivity index is 1.68. The highest BCUT2D eigenvalue weighted by atomic mass is 15.2. The SMILES string of the molecule is CCN1CCCCC1Cc1nc2cccnc2n1C1CCC1. The number of imidazole rings is 1. The van der Waals surface area contributed by atoms with Crippen LogP contribution >= 0.6 is 0 Å². The van der Waals surface area contributed by atoms with E-state index in [1.54, 1.807) is 0 Å². The monoisotopic (exact) mass is 298 g/mol. The summed E-state index contributed by atoms with van der Waals surface area (Å²) in [6, 6.07) is 5.41. The minimum Gasteiger partial charge on any atom is -0.310 e. The van der Waals surface area contributed by atoms with E-state index in [9.17, 15) is 0 Å². The van der Waals surface area contributed by atoms with Gasteiger partial charge in [0.1, 0.15) is 11.3 Å². The molecule has 4 rings (SSSR count). The van der Waals surface area contributed by atoms with Gasteiger partial charge in [-0.05, 0) is 57.3 Å². The molecule has 1 unspecified atom stereocenters. The Morgan fingerprint density at radius 3 is 2.86 bits per heavy atom. The number of hydrogen-bond acceptors (Lipinski definition) is 3. The summed E-state index contributed by atoms with van der Waals surface area (Å²) in [5, 5.41) is 0. The van der Waals surface area contributed by atoms with E-state index in [-0.39, 0.29) is 0 Å². The lowest BCUT2D eigenvalue weighted by Crippen LogP contribution is -2.41. The molecule has 3 heterocycles. The van der Waals surface area contributed by atoms with E-state index in [0.717, 1.165) is 24.1 Å². The first-order valence-corrected chi connectivity index (χ1v) is 8.92. The third-order valence-electron chi connectivity index (χ3n) is 5.54. The van der Waals surface area contributed by atoms with Crippen molar-refractivity contribution in [3.05, 3.63) is 24.2 Å². The van der Waals surface area contributed by atoms with Crippen molar-refractivity contribution in [2.45, 2.75) is 64.0 Å². The molecular formula is C18H26N4. The molecule has 22 heavy (non-hydrogen) atoms. The van der Waals surface area contributed by atoms with Crippen LogP contribution in [0.15, 0.2) is 18.3 Å². The Kier molecular flexibility index (Phi) is 3.87. The average molecular weight is 298 g/mol. The van der Waals surface area contributed by atoms with Gasteiger partial charge in [-0.2, -0.15) is 0 Å². The van der Waals surface area contributed by atoms with E-state index in [4.69, 9.17) is 4.98 Å². The Hall–Kier alpha value is -1.42. The highest BCUT2D eigenvalue weighted by Crippen LogP contribution is 2.35. The first kappa shape index (κ1) is 14.2. The van der Waals surface area contributed by atoms with Gasteiger partial charge in [-0.15, -0.1) is 0 Å². The number of fused-ring (bicyclic) bond motifs is 1. The number of likely N-dealkylation sites (N-methyl/N-ethyl adjacent to an activating group) is 1. The largest absolute Gasteiger partial charge is 0.310 e. The molecule has 0 radical (unpaired) electrons. The molecule has 2 fully saturated rings. The van der Waals surface area contributed by atoms with Gasteiger partial charge in [-0.1, -0.05) is 13.3 Å². The van der Waals surface area contributed by atoms with E-state index in [0.29, 0.717) is 12.1 Å². The summed E-state index contributed by atoms with van der Waals surface area (Å²) in [7, 11) is 0. The number of aromatic nitrogens is 3. The number of pyridine rings is 1. The topological polar surface area (TPSA) is 34.0 Å². The van der Waals surface area contributed by atoms with Crippen molar-refractivity contribution < 1.29 is 0 Å². The van der Waals surface area contributed by atoms with Gasteiger partial charge in [0, 0.05) is 24.7 Å². The molecule has 1 saturated carbocycles. The van der Waals surface area contributed by atoms with Gasteiger partial charge in [0.05, 0.1) is 0 Å². The van der Waals surface area contributed by atoms with Crippen molar-refractivity contribution in [3.8, 4) is 0 Å². The molecule has 0 N–H and O–H groups in total. The fraction of sp³-hybridized carbons (Fsp3) is 0.667. The van der Waals surface area contributed by atoms with Crippen LogP contribution in [0.5, 0.6) is 0 Å². The van der Waals surface area contributed by atoms with Crippen LogP contribution in [0.2, 0.25) is 0 Å². The normalized spacial score (nSPS) is 23.8. The third-order valence-corrected chi connectivity index (χ3v) is 5.54. The van der Waals surface area contributed by atoms with Gasteiger partial charge in [0.25, 0.3) is 0 Å². The second kappa shape index (κ2) is 5.99. The van der Waals surface area contributed by atoms with Crippen LogP contribution in [0.1, 0.15) is 57.3 Å². The second-order valence-corrected chi connectivity index (χ2v) is 6.81. The van der Waals surface area contributed by atoms with Gasteiger partial charge in [-0.25, -0.2) is 9.97 Å². The molecule has 2 aromatic heterocycles. The van der Waals surface area contributed by atoms with Crippen LogP contribution in [0.4, 0.5) is 0 Å². The molecule has 4 heteroatoms. The maximum absolute atomic E-state index is 4.95. The summed E-state index contributed by atoms with van der Waals surface area (Å²) >= 11 is 0. The first-order valence-electron chi connectivity index (χ1n) is 8.92. The van der Waals surface area contributed by atoms with Crippen molar-refractivity contribution in [3.63, 3.8) is 0 Å². The molecule has 2 aliphatic rings. The zero-order chi connectivity index (χ0) is 14.9. The summed E-state index contributed by atoms with van der Waals surface area (Å²) in [4.78, 5) is 12.2. The molecule has 1 aliphatic carbocycles. The first-order chi connectivity index (χ1) is 10.9. The molecule has 1 saturated heterocycles. The summed E-state index contributed by atoms with van der Waals surface area (Å²) in [5.41, 5.74) is 2.17. The molecule has 0 amide bonds. The lowest BCUT2D eigenvalue weighted by molar-refractivity contribution is 0.151. The smallest absolute Gasteiger partial charge is 0.160 e. The molecule has 1 aliphatic heterocycles. The van der Waals surface area contributed by atoms with Crippen LogP contribution in [0, 0.1) is 0 Å². The lowest BCUT2D eigenvalue weighted by atomic mass is 9.92. The summed E-state index contributed by atoms with van der Waals surface area (Å²) < 4.78 is 2.46. The Labute approximate surface area is 132 Å². The summed E-state index contributed by atoms with van der Waals surface area (Å²) in [6.45, 7) is 4.70. The van der Waals surface area contributed by atoms with Crippen molar-refractivity contribution in [2.24, 2.45) is 0 Å². The zero-order valence-electron chi connectivity index (χ0n) is 13.5. The van der Waals surface area contributed by atoms with E-state index in [2.05, 4.69) is 27.4 Å². The Morgan fingerprint density at radius 2 is 2.09 bits per heavy atom. The lowest BCUT2D eigenvalue weighted by Gasteiger charge is -2.36. The molecular weight excluding hydrogens is 272 g/mol. The highest BCUT2D eigenvalue weighted by molar-refractivity contribution is 5.71. The molecule has 118 valence electrons. The van der Waals surface area contributed by atoms with E-state index in [1.807, 2.05) is 12.3 Å². The van der Waals surface area contributed by atoms with E-state index in [1.165, 1.54) is 50.9 Å². The van der Waals surface area contributed by atoms with Crippen molar-refractivity contribution in [1.82, 2.24) is 19.4 Å². The predicted molar refractivity (Wildman–Crippen MR) is 89.0 cm³/mol. The van der Waals surface area contributed by atoms with Crippen LogP contribution in [0.25, 0.3) is 11.2 Å². The van der Waals surface area contributed by atoms with Gasteiger partial charge in [0.15, 0.2) is 5.65 Å². The second-order valence-electron chi connectivity index (χ2n) is 6.81. The van der Waals surface area contributed by atoms with Crippen LogP contribution in [0.3, 0.4) is 0 Å². The minimum absolute atomic E-state index is 0.633. The standard InChI is InChI=1S/C18H26N4/c1-2-21-12-4-3-7-15(21)13-17-20-16-10-6-11-19-18(16)22(17)14-8-5-9-14/h6,10-11,14-15H,2-5,7-9,12-13H2,1H3. The average Bonchev–Trinajstić information content (AvgIpc) is 2.85. The van der Waals surface area contributed by atoms with Gasteiger partial charge < -0.3 is 9.47 Å². The quantitative estimate of drug-likeness (QED) is 0.865. The number of hydrogen-bond donors (Lipinski definition) is 0. The van der Waals surface area contributed by atoms with Gasteiger partial charge in [-0.3, -0.25) is 0 Å². The fourth-order valence-electron chi connectivity index (χ4n) is 4.07. The van der Waals surface area contributed by atoms with Gasteiger partial charge in [0.2, 0.25) is 0 Å². The summed E-state index contributed by atoms with van der Waals surface area (Å²) in [5.74, 6) is 1.27. The number of piperidine rings is 1. The van der Waals surface area contributed by atoms with Crippen molar-refractivity contribution in [2.75, 3.05) is 13.1 Å². The molecule has 1 atom stereocenters. The molecule has 2 aromatic rings.